The fraction of sp³-hybridized carbons (Fsp3) is 0.438. The molecule has 0 saturated heterocycles. The van der Waals surface area contributed by atoms with Gasteiger partial charge in [0.1, 0.15) is 0 Å². The van der Waals surface area contributed by atoms with Gasteiger partial charge in [0.05, 0.1) is 11.9 Å². The summed E-state index contributed by atoms with van der Waals surface area (Å²) in [4.78, 5) is 6.44. The van der Waals surface area contributed by atoms with E-state index in [1.165, 1.54) is 16.8 Å². The number of aromatic nitrogens is 2. The van der Waals surface area contributed by atoms with E-state index in [0.717, 1.165) is 25.5 Å². The van der Waals surface area contributed by atoms with Crippen molar-refractivity contribution in [2.75, 3.05) is 25.5 Å². The maximum absolute atomic E-state index is 4.42. The zero-order valence-electron chi connectivity index (χ0n) is 12.8. The number of nitrogens with one attached hydrogen (secondary N) is 1. The van der Waals surface area contributed by atoms with Crippen molar-refractivity contribution in [3.63, 3.8) is 0 Å². The van der Waals surface area contributed by atoms with Crippen LogP contribution in [0.5, 0.6) is 0 Å². The molecule has 2 rings (SSSR count). The van der Waals surface area contributed by atoms with Gasteiger partial charge in [0.15, 0.2) is 0 Å². The third-order valence-electron chi connectivity index (χ3n) is 3.60. The number of rotatable bonds is 6. The fourth-order valence-electron chi connectivity index (χ4n) is 2.34. The molecule has 0 bridgehead atoms. The number of aryl methyl sites for hydroxylation is 1. The van der Waals surface area contributed by atoms with Gasteiger partial charge in [0.25, 0.3) is 0 Å². The van der Waals surface area contributed by atoms with E-state index in [4.69, 9.17) is 0 Å². The molecule has 0 unspecified atom stereocenters. The summed E-state index contributed by atoms with van der Waals surface area (Å²) in [6.45, 7) is 4.00. The molecule has 4 nitrogen and oxygen atoms in total. The standard InChI is InChI=1S/C16H24N4/c1-13-7-5-6-8-14(13)9-10-17-11-15-12-18-16(19(2)3)20(15)4/h5-8,12,17H,9-11H2,1-4H3. The van der Waals surface area contributed by atoms with Crippen LogP contribution < -0.4 is 10.2 Å². The molecule has 0 aliphatic heterocycles. The average Bonchev–Trinajstić information content (AvgIpc) is 2.78. The number of hydrogen-bond acceptors (Lipinski definition) is 3. The van der Waals surface area contributed by atoms with Gasteiger partial charge in [-0.1, -0.05) is 24.3 Å². The van der Waals surface area contributed by atoms with Crippen LogP contribution in [0.2, 0.25) is 0 Å². The van der Waals surface area contributed by atoms with E-state index in [9.17, 15) is 0 Å². The Bertz CT molecular complexity index is 557. The largest absolute Gasteiger partial charge is 0.348 e. The maximum Gasteiger partial charge on any atom is 0.204 e. The fourth-order valence-corrected chi connectivity index (χ4v) is 2.34. The molecule has 0 aliphatic rings. The van der Waals surface area contributed by atoms with Crippen molar-refractivity contribution in [3.8, 4) is 0 Å². The van der Waals surface area contributed by atoms with E-state index >= 15 is 0 Å². The van der Waals surface area contributed by atoms with Crippen LogP contribution in [0.3, 0.4) is 0 Å². The average molecular weight is 272 g/mol. The molecule has 20 heavy (non-hydrogen) atoms. The summed E-state index contributed by atoms with van der Waals surface area (Å²) < 4.78 is 2.13. The Morgan fingerprint density at radius 2 is 2.00 bits per heavy atom. The molecule has 0 atom stereocenters. The highest BCUT2D eigenvalue weighted by molar-refractivity contribution is 5.31. The smallest absolute Gasteiger partial charge is 0.204 e. The molecule has 4 heteroatoms. The molecule has 0 spiro atoms. The molecule has 1 aromatic heterocycles. The zero-order chi connectivity index (χ0) is 14.5. The van der Waals surface area contributed by atoms with Crippen LogP contribution >= 0.6 is 0 Å². The van der Waals surface area contributed by atoms with Crippen LogP contribution in [-0.4, -0.2) is 30.2 Å². The number of imidazole rings is 1. The van der Waals surface area contributed by atoms with Gasteiger partial charge >= 0.3 is 0 Å². The Hall–Kier alpha value is -1.81. The molecule has 0 fully saturated rings. The third-order valence-corrected chi connectivity index (χ3v) is 3.60. The first-order valence-electron chi connectivity index (χ1n) is 7.02. The Kier molecular flexibility index (Phi) is 4.79. The third kappa shape index (κ3) is 3.39. The second-order valence-corrected chi connectivity index (χ2v) is 5.36. The van der Waals surface area contributed by atoms with Crippen LogP contribution in [-0.2, 0) is 20.0 Å². The first kappa shape index (κ1) is 14.6. The van der Waals surface area contributed by atoms with Gasteiger partial charge in [-0.3, -0.25) is 0 Å². The van der Waals surface area contributed by atoms with Crippen molar-refractivity contribution in [2.45, 2.75) is 19.9 Å². The summed E-state index contributed by atoms with van der Waals surface area (Å²) in [7, 11) is 6.08. The van der Waals surface area contributed by atoms with Crippen LogP contribution in [0, 0.1) is 6.92 Å². The molecule has 1 N–H and O–H groups in total. The normalized spacial score (nSPS) is 10.8. The molecule has 0 amide bonds. The lowest BCUT2D eigenvalue weighted by Crippen LogP contribution is -2.20. The van der Waals surface area contributed by atoms with Gasteiger partial charge in [0.2, 0.25) is 5.95 Å². The molecule has 1 aromatic carbocycles. The highest BCUT2D eigenvalue weighted by atomic mass is 15.3. The minimum absolute atomic E-state index is 0.850. The molecular weight excluding hydrogens is 248 g/mol. The molecule has 0 radical (unpaired) electrons. The minimum Gasteiger partial charge on any atom is -0.348 e. The number of nitrogens with zero attached hydrogens (tertiary/aromatic N) is 3. The summed E-state index contributed by atoms with van der Waals surface area (Å²) in [5, 5.41) is 3.49. The molecule has 0 aliphatic carbocycles. The summed E-state index contributed by atoms with van der Waals surface area (Å²) in [5.41, 5.74) is 3.99. The van der Waals surface area contributed by atoms with E-state index < -0.39 is 0 Å². The maximum atomic E-state index is 4.42. The monoisotopic (exact) mass is 272 g/mol. The van der Waals surface area contributed by atoms with E-state index in [2.05, 4.69) is 53.1 Å². The van der Waals surface area contributed by atoms with E-state index in [0.29, 0.717) is 0 Å². The van der Waals surface area contributed by atoms with E-state index in [-0.39, 0.29) is 0 Å². The Morgan fingerprint density at radius 3 is 2.65 bits per heavy atom. The number of hydrogen-bond donors (Lipinski definition) is 1. The van der Waals surface area contributed by atoms with E-state index in [1.54, 1.807) is 0 Å². The van der Waals surface area contributed by atoms with Gasteiger partial charge in [-0.2, -0.15) is 0 Å². The van der Waals surface area contributed by atoms with Gasteiger partial charge in [0, 0.05) is 27.7 Å². The SMILES string of the molecule is Cc1ccccc1CCNCc1cnc(N(C)C)n1C. The summed E-state index contributed by atoms with van der Waals surface area (Å²) in [6, 6.07) is 8.56. The summed E-state index contributed by atoms with van der Waals surface area (Å²) in [5.74, 6) is 0.987. The van der Waals surface area contributed by atoms with Crippen LogP contribution in [0.15, 0.2) is 30.5 Å². The summed E-state index contributed by atoms with van der Waals surface area (Å²) >= 11 is 0. The molecule has 2 aromatic rings. The number of benzene rings is 1. The van der Waals surface area contributed by atoms with Crippen molar-refractivity contribution in [2.24, 2.45) is 7.05 Å². The van der Waals surface area contributed by atoms with Crippen LogP contribution in [0.4, 0.5) is 5.95 Å². The van der Waals surface area contributed by atoms with Gasteiger partial charge < -0.3 is 14.8 Å². The topological polar surface area (TPSA) is 33.1 Å². The molecule has 0 saturated carbocycles. The van der Waals surface area contributed by atoms with Gasteiger partial charge in [-0.15, -0.1) is 0 Å². The number of anilines is 1. The lowest BCUT2D eigenvalue weighted by molar-refractivity contribution is 0.651. The predicted octanol–water partition coefficient (Wildman–Crippen LogP) is 2.13. The van der Waals surface area contributed by atoms with Crippen molar-refractivity contribution in [3.05, 3.63) is 47.3 Å². The van der Waals surface area contributed by atoms with Crippen LogP contribution in [0.1, 0.15) is 16.8 Å². The van der Waals surface area contributed by atoms with Crippen molar-refractivity contribution >= 4 is 5.95 Å². The molecule has 108 valence electrons. The first-order valence-corrected chi connectivity index (χ1v) is 7.02. The molecular formula is C16H24N4. The molecule has 1 heterocycles. The second kappa shape index (κ2) is 6.57. The lowest BCUT2D eigenvalue weighted by atomic mass is 10.1. The summed E-state index contributed by atoms with van der Waals surface area (Å²) in [6.07, 6.45) is 3.00. The van der Waals surface area contributed by atoms with Gasteiger partial charge in [-0.25, -0.2) is 4.98 Å². The van der Waals surface area contributed by atoms with Gasteiger partial charge in [-0.05, 0) is 31.0 Å². The highest BCUT2D eigenvalue weighted by Gasteiger charge is 2.07. The minimum atomic E-state index is 0.850. The lowest BCUT2D eigenvalue weighted by Gasteiger charge is -2.13. The van der Waals surface area contributed by atoms with Crippen LogP contribution in [0.25, 0.3) is 0 Å². The Morgan fingerprint density at radius 1 is 1.25 bits per heavy atom. The predicted molar refractivity (Wildman–Crippen MR) is 84.1 cm³/mol. The van der Waals surface area contributed by atoms with Crippen molar-refractivity contribution in [1.29, 1.82) is 0 Å². The Balaban J connectivity index is 1.83. The second-order valence-electron chi connectivity index (χ2n) is 5.36. The Labute approximate surface area is 121 Å². The first-order chi connectivity index (χ1) is 9.59. The van der Waals surface area contributed by atoms with Crippen molar-refractivity contribution < 1.29 is 0 Å². The highest BCUT2D eigenvalue weighted by Crippen LogP contribution is 2.11. The zero-order valence-corrected chi connectivity index (χ0v) is 12.8. The van der Waals surface area contributed by atoms with Crippen molar-refractivity contribution in [1.82, 2.24) is 14.9 Å². The van der Waals surface area contributed by atoms with E-state index in [1.807, 2.05) is 25.2 Å². The quantitative estimate of drug-likeness (QED) is 0.818.